The molecule has 0 aromatic carbocycles. The van der Waals surface area contributed by atoms with Crippen LogP contribution < -0.4 is 0 Å². The van der Waals surface area contributed by atoms with Crippen LogP contribution in [0.2, 0.25) is 0 Å². The molecule has 0 amide bonds. The summed E-state index contributed by atoms with van der Waals surface area (Å²) in [6.07, 6.45) is 0.613. The lowest BCUT2D eigenvalue weighted by Gasteiger charge is -2.00. The predicted octanol–water partition coefficient (Wildman–Crippen LogP) is 1.86. The van der Waals surface area contributed by atoms with Gasteiger partial charge in [0.1, 0.15) is 6.17 Å². The fourth-order valence-corrected chi connectivity index (χ4v) is 0.723. The maximum atomic E-state index is 12.4. The lowest BCUT2D eigenvalue weighted by atomic mass is 10.2. The highest BCUT2D eigenvalue weighted by Crippen LogP contribution is 1.96. The van der Waals surface area contributed by atoms with Gasteiger partial charge in [-0.05, 0) is 39.6 Å². The molecule has 1 atom stereocenters. The average Bonchev–Trinajstić information content (AvgIpc) is 1.84. The molecule has 68 valence electrons. The Morgan fingerprint density at radius 1 is 1.58 bits per heavy atom. The zero-order valence-electron chi connectivity index (χ0n) is 8.19. The molecule has 0 aliphatic carbocycles. The predicted molar refractivity (Wildman–Crippen MR) is 50.7 cm³/mol. The van der Waals surface area contributed by atoms with E-state index in [1.165, 1.54) is 13.0 Å². The van der Waals surface area contributed by atoms with E-state index in [0.717, 1.165) is 5.57 Å². The van der Waals surface area contributed by atoms with E-state index in [1.807, 2.05) is 25.9 Å². The first-order valence-electron chi connectivity index (χ1n) is 3.98. The first-order valence-corrected chi connectivity index (χ1v) is 3.98. The first-order chi connectivity index (χ1) is 5.52. The van der Waals surface area contributed by atoms with Crippen LogP contribution in [0.1, 0.15) is 13.8 Å². The van der Waals surface area contributed by atoms with Crippen molar-refractivity contribution >= 4 is 0 Å². The smallest absolute Gasteiger partial charge is 0.117 e. The van der Waals surface area contributed by atoms with Gasteiger partial charge >= 0.3 is 0 Å². The zero-order valence-corrected chi connectivity index (χ0v) is 8.19. The second kappa shape index (κ2) is 5.79. The molecule has 2 heteroatoms. The van der Waals surface area contributed by atoms with Crippen LogP contribution in [0.4, 0.5) is 4.39 Å². The van der Waals surface area contributed by atoms with E-state index in [1.54, 1.807) is 0 Å². The lowest BCUT2D eigenvalue weighted by Crippen LogP contribution is -2.10. The van der Waals surface area contributed by atoms with Gasteiger partial charge in [0.2, 0.25) is 0 Å². The van der Waals surface area contributed by atoms with Crippen molar-refractivity contribution in [1.82, 2.24) is 4.90 Å². The van der Waals surface area contributed by atoms with Gasteiger partial charge in [-0.3, -0.25) is 4.90 Å². The van der Waals surface area contributed by atoms with Crippen molar-refractivity contribution in [3.63, 3.8) is 0 Å². The van der Waals surface area contributed by atoms with Gasteiger partial charge in [-0.25, -0.2) is 4.39 Å². The summed E-state index contributed by atoms with van der Waals surface area (Å²) >= 11 is 0. The average molecular weight is 169 g/mol. The van der Waals surface area contributed by atoms with Gasteiger partial charge in [-0.1, -0.05) is 11.8 Å². The minimum atomic E-state index is -0.904. The maximum Gasteiger partial charge on any atom is 0.117 e. The fraction of sp³-hybridized carbons (Fsp3) is 0.600. The van der Waals surface area contributed by atoms with Gasteiger partial charge in [0.05, 0.1) is 6.54 Å². The summed E-state index contributed by atoms with van der Waals surface area (Å²) in [5.74, 6) is 5.81. The molecule has 0 aliphatic rings. The van der Waals surface area contributed by atoms with Crippen LogP contribution in [0.25, 0.3) is 0 Å². The van der Waals surface area contributed by atoms with Crippen molar-refractivity contribution in [3.05, 3.63) is 11.6 Å². The lowest BCUT2D eigenvalue weighted by molar-refractivity contribution is 0.429. The summed E-state index contributed by atoms with van der Waals surface area (Å²) in [6, 6.07) is 0. The van der Waals surface area contributed by atoms with Crippen LogP contribution in [0.5, 0.6) is 0 Å². The molecule has 1 unspecified atom stereocenters. The fourth-order valence-electron chi connectivity index (χ4n) is 0.723. The number of alkyl halides is 1. The number of rotatable bonds is 2. The molecule has 0 heterocycles. The summed E-state index contributed by atoms with van der Waals surface area (Å²) in [5, 5.41) is 0. The molecule has 0 aliphatic heterocycles. The number of nitrogens with zero attached hydrogens (tertiary/aromatic N) is 1. The molecule has 0 saturated heterocycles. The summed E-state index contributed by atoms with van der Waals surface area (Å²) in [7, 11) is 3.90. The molecule has 1 nitrogen and oxygen atoms in total. The second-order valence-electron chi connectivity index (χ2n) is 3.07. The van der Waals surface area contributed by atoms with E-state index in [4.69, 9.17) is 0 Å². The molecule has 0 N–H and O–H groups in total. The topological polar surface area (TPSA) is 3.24 Å². The minimum Gasteiger partial charge on any atom is -0.299 e. The van der Waals surface area contributed by atoms with Crippen molar-refractivity contribution in [3.8, 4) is 11.8 Å². The van der Waals surface area contributed by atoms with Crippen LogP contribution >= 0.6 is 0 Å². The van der Waals surface area contributed by atoms with Gasteiger partial charge < -0.3 is 0 Å². The second-order valence-corrected chi connectivity index (χ2v) is 3.07. The van der Waals surface area contributed by atoms with Crippen molar-refractivity contribution in [2.24, 2.45) is 0 Å². The molecule has 12 heavy (non-hydrogen) atoms. The molecular formula is C10H16FN. The normalized spacial score (nSPS) is 14.0. The summed E-state index contributed by atoms with van der Waals surface area (Å²) in [4.78, 5) is 1.97. The van der Waals surface area contributed by atoms with Crippen molar-refractivity contribution in [1.29, 1.82) is 0 Å². The zero-order chi connectivity index (χ0) is 9.56. The van der Waals surface area contributed by atoms with Crippen molar-refractivity contribution in [2.75, 3.05) is 20.6 Å². The Hall–Kier alpha value is -0.810. The number of halogens is 1. The summed E-state index contributed by atoms with van der Waals surface area (Å²) in [6.45, 7) is 4.03. The van der Waals surface area contributed by atoms with Crippen LogP contribution in [0.3, 0.4) is 0 Å². The quantitative estimate of drug-likeness (QED) is 0.570. The third kappa shape index (κ3) is 7.30. The van der Waals surface area contributed by atoms with E-state index in [0.29, 0.717) is 6.54 Å². The van der Waals surface area contributed by atoms with E-state index in [2.05, 4.69) is 11.8 Å². The van der Waals surface area contributed by atoms with Crippen molar-refractivity contribution < 1.29 is 4.39 Å². The van der Waals surface area contributed by atoms with Gasteiger partial charge in [0, 0.05) is 0 Å². The third-order valence-electron chi connectivity index (χ3n) is 1.16. The van der Waals surface area contributed by atoms with E-state index in [-0.39, 0.29) is 0 Å². The molecule has 0 saturated carbocycles. The molecule has 0 aromatic heterocycles. The highest BCUT2D eigenvalue weighted by atomic mass is 19.1. The van der Waals surface area contributed by atoms with Crippen LogP contribution in [0, 0.1) is 11.8 Å². The van der Waals surface area contributed by atoms with Crippen LogP contribution in [0.15, 0.2) is 11.6 Å². The third-order valence-corrected chi connectivity index (χ3v) is 1.16. The molecule has 0 fully saturated rings. The monoisotopic (exact) mass is 169 g/mol. The number of hydrogen-bond donors (Lipinski definition) is 0. The van der Waals surface area contributed by atoms with E-state index >= 15 is 0 Å². The van der Waals surface area contributed by atoms with Gasteiger partial charge in [-0.15, -0.1) is 0 Å². The Morgan fingerprint density at radius 3 is 2.58 bits per heavy atom. The Kier molecular flexibility index (Phi) is 5.40. The standard InChI is InChI=1S/C10H16FN/c1-9(8-10(2)11)6-5-7-12(3)4/h8,10H,7H2,1-4H3/b9-8-. The summed E-state index contributed by atoms with van der Waals surface area (Å²) < 4.78 is 12.4. The van der Waals surface area contributed by atoms with Gasteiger partial charge in [0.25, 0.3) is 0 Å². The number of allylic oxidation sites excluding steroid dienone is 2. The molecule has 0 spiro atoms. The highest BCUT2D eigenvalue weighted by molar-refractivity contribution is 5.27. The Morgan fingerprint density at radius 2 is 2.17 bits per heavy atom. The molecule has 0 radical (unpaired) electrons. The molecule has 0 aromatic rings. The first kappa shape index (κ1) is 11.2. The van der Waals surface area contributed by atoms with E-state index < -0.39 is 6.17 Å². The van der Waals surface area contributed by atoms with E-state index in [9.17, 15) is 4.39 Å². The SMILES string of the molecule is C/C(C#CCN(C)C)=C/C(C)F. The summed E-state index contributed by atoms with van der Waals surface area (Å²) in [5.41, 5.74) is 0.798. The Balaban J connectivity index is 3.95. The van der Waals surface area contributed by atoms with Gasteiger partial charge in [0.15, 0.2) is 0 Å². The Labute approximate surface area is 74.3 Å². The largest absolute Gasteiger partial charge is 0.299 e. The Bertz CT molecular complexity index is 206. The molecule has 0 bridgehead atoms. The van der Waals surface area contributed by atoms with Crippen LogP contribution in [-0.4, -0.2) is 31.7 Å². The number of hydrogen-bond acceptors (Lipinski definition) is 1. The maximum absolute atomic E-state index is 12.4. The molecule has 0 rings (SSSR count). The van der Waals surface area contributed by atoms with Crippen LogP contribution in [-0.2, 0) is 0 Å². The minimum absolute atomic E-state index is 0.714. The van der Waals surface area contributed by atoms with Crippen molar-refractivity contribution in [2.45, 2.75) is 20.0 Å². The molecular weight excluding hydrogens is 153 g/mol. The highest BCUT2D eigenvalue weighted by Gasteiger charge is 1.90. The van der Waals surface area contributed by atoms with Gasteiger partial charge in [-0.2, -0.15) is 0 Å².